The van der Waals surface area contributed by atoms with Gasteiger partial charge in [-0.25, -0.2) is 13.6 Å². The number of esters is 1. The number of halogens is 2. The van der Waals surface area contributed by atoms with Gasteiger partial charge >= 0.3 is 5.97 Å². The summed E-state index contributed by atoms with van der Waals surface area (Å²) in [6, 6.07) is 10.2. The van der Waals surface area contributed by atoms with Crippen molar-refractivity contribution in [2.45, 2.75) is 6.54 Å². The molecule has 10 heteroatoms. The van der Waals surface area contributed by atoms with E-state index in [1.807, 2.05) is 24.3 Å². The van der Waals surface area contributed by atoms with Crippen molar-refractivity contribution >= 4 is 23.3 Å². The van der Waals surface area contributed by atoms with Crippen LogP contribution in [-0.2, 0) is 11.3 Å². The molecule has 160 valence electrons. The Bertz CT molecular complexity index is 1110. The molecule has 0 aliphatic heterocycles. The monoisotopic (exact) mass is 428 g/mol. The maximum absolute atomic E-state index is 13.6. The largest absolute Gasteiger partial charge is 0.497 e. The van der Waals surface area contributed by atoms with E-state index in [2.05, 4.69) is 25.6 Å². The van der Waals surface area contributed by atoms with Gasteiger partial charge in [0.05, 0.1) is 37.4 Å². The Morgan fingerprint density at radius 2 is 1.74 bits per heavy atom. The molecular formula is C21H18F2N4O4. The summed E-state index contributed by atoms with van der Waals surface area (Å²) in [7, 11) is 2.66. The Kier molecular flexibility index (Phi) is 6.71. The summed E-state index contributed by atoms with van der Waals surface area (Å²) in [6.07, 6.45) is 1.43. The van der Waals surface area contributed by atoms with Gasteiger partial charge in [-0.15, -0.1) is 5.10 Å². The van der Waals surface area contributed by atoms with Crippen LogP contribution in [0.2, 0.25) is 0 Å². The van der Waals surface area contributed by atoms with E-state index in [-0.39, 0.29) is 16.9 Å². The SMILES string of the molecule is COC(=O)c1cc(F)c(F)cc1NC(=O)c1cc(NCc2ccc(OC)cc2)cnn1. The fraction of sp³-hybridized carbons (Fsp3) is 0.143. The van der Waals surface area contributed by atoms with Crippen molar-refractivity contribution in [1.82, 2.24) is 10.2 Å². The molecule has 0 unspecified atom stereocenters. The number of aromatic nitrogens is 2. The van der Waals surface area contributed by atoms with Crippen LogP contribution in [0.5, 0.6) is 5.75 Å². The first-order valence-corrected chi connectivity index (χ1v) is 8.99. The van der Waals surface area contributed by atoms with Crippen molar-refractivity contribution in [2.75, 3.05) is 24.9 Å². The highest BCUT2D eigenvalue weighted by Crippen LogP contribution is 2.22. The summed E-state index contributed by atoms with van der Waals surface area (Å²) in [5.41, 5.74) is 0.786. The van der Waals surface area contributed by atoms with Crippen LogP contribution in [0.25, 0.3) is 0 Å². The van der Waals surface area contributed by atoms with Crippen molar-refractivity contribution in [3.8, 4) is 5.75 Å². The number of nitrogens with one attached hydrogen (secondary N) is 2. The summed E-state index contributed by atoms with van der Waals surface area (Å²) in [4.78, 5) is 24.4. The Labute approximate surface area is 176 Å². The number of methoxy groups -OCH3 is 2. The molecule has 0 saturated heterocycles. The summed E-state index contributed by atoms with van der Waals surface area (Å²) in [5, 5.41) is 13.0. The zero-order valence-electron chi connectivity index (χ0n) is 16.6. The zero-order chi connectivity index (χ0) is 22.4. The minimum atomic E-state index is -1.25. The lowest BCUT2D eigenvalue weighted by atomic mass is 10.1. The fourth-order valence-corrected chi connectivity index (χ4v) is 2.64. The van der Waals surface area contributed by atoms with Gasteiger partial charge in [-0.3, -0.25) is 4.79 Å². The number of hydrogen-bond donors (Lipinski definition) is 2. The molecule has 0 fully saturated rings. The highest BCUT2D eigenvalue weighted by atomic mass is 19.2. The van der Waals surface area contributed by atoms with Gasteiger partial charge in [0, 0.05) is 12.6 Å². The first kappa shape index (κ1) is 21.6. The van der Waals surface area contributed by atoms with Crippen molar-refractivity contribution in [1.29, 1.82) is 0 Å². The number of ether oxygens (including phenoxy) is 2. The molecule has 8 nitrogen and oxygen atoms in total. The smallest absolute Gasteiger partial charge is 0.340 e. The maximum atomic E-state index is 13.6. The number of rotatable bonds is 7. The number of nitrogens with zero attached hydrogens (tertiary/aromatic N) is 2. The van der Waals surface area contributed by atoms with Crippen molar-refractivity contribution in [3.63, 3.8) is 0 Å². The molecular weight excluding hydrogens is 410 g/mol. The number of benzene rings is 2. The fourth-order valence-electron chi connectivity index (χ4n) is 2.64. The lowest BCUT2D eigenvalue weighted by Gasteiger charge is -2.11. The highest BCUT2D eigenvalue weighted by Gasteiger charge is 2.19. The van der Waals surface area contributed by atoms with Crippen molar-refractivity contribution in [2.24, 2.45) is 0 Å². The second-order valence-electron chi connectivity index (χ2n) is 6.29. The van der Waals surface area contributed by atoms with Crippen molar-refractivity contribution in [3.05, 3.63) is 77.1 Å². The van der Waals surface area contributed by atoms with Gasteiger partial charge in [0.25, 0.3) is 5.91 Å². The van der Waals surface area contributed by atoms with E-state index in [1.54, 1.807) is 7.11 Å². The second-order valence-corrected chi connectivity index (χ2v) is 6.29. The average molecular weight is 428 g/mol. The van der Waals surface area contributed by atoms with Gasteiger partial charge in [-0.1, -0.05) is 12.1 Å². The van der Waals surface area contributed by atoms with Gasteiger partial charge in [-0.05, 0) is 29.8 Å². The third-order valence-electron chi connectivity index (χ3n) is 4.26. The van der Waals surface area contributed by atoms with Crippen LogP contribution in [0.15, 0.2) is 48.7 Å². The molecule has 0 aliphatic rings. The van der Waals surface area contributed by atoms with Crippen LogP contribution in [0.1, 0.15) is 26.4 Å². The van der Waals surface area contributed by atoms with Gasteiger partial charge in [0.1, 0.15) is 5.75 Å². The standard InChI is InChI=1S/C21H18F2N4O4/c1-30-14-5-3-12(4-6-14)10-24-13-7-19(27-25-11-13)20(28)26-18-9-17(23)16(22)8-15(18)21(29)31-2/h3-9,11H,10H2,1-2H3,(H,24,27)(H,26,28). The van der Waals surface area contributed by atoms with E-state index in [9.17, 15) is 18.4 Å². The quantitative estimate of drug-likeness (QED) is 0.556. The molecule has 1 aromatic heterocycles. The van der Waals surface area contributed by atoms with Gasteiger partial charge in [-0.2, -0.15) is 5.10 Å². The van der Waals surface area contributed by atoms with Crippen LogP contribution < -0.4 is 15.4 Å². The van der Waals surface area contributed by atoms with Gasteiger partial charge < -0.3 is 20.1 Å². The van der Waals surface area contributed by atoms with Crippen LogP contribution in [0, 0.1) is 11.6 Å². The van der Waals surface area contributed by atoms with Crippen LogP contribution in [0.3, 0.4) is 0 Å². The number of amides is 1. The molecule has 0 radical (unpaired) electrons. The molecule has 0 bridgehead atoms. The van der Waals surface area contributed by atoms with Crippen LogP contribution in [0.4, 0.5) is 20.2 Å². The molecule has 3 rings (SSSR count). The van der Waals surface area contributed by atoms with E-state index < -0.39 is 23.5 Å². The molecule has 0 aliphatic carbocycles. The Balaban J connectivity index is 1.74. The predicted molar refractivity (Wildman–Crippen MR) is 108 cm³/mol. The summed E-state index contributed by atoms with van der Waals surface area (Å²) in [6.45, 7) is 0.451. The van der Waals surface area contributed by atoms with E-state index in [0.717, 1.165) is 18.4 Å². The molecule has 0 saturated carbocycles. The molecule has 1 amide bonds. The number of carbonyl (C=O) groups excluding carboxylic acids is 2. The maximum Gasteiger partial charge on any atom is 0.340 e. The molecule has 1 heterocycles. The van der Waals surface area contributed by atoms with E-state index >= 15 is 0 Å². The topological polar surface area (TPSA) is 102 Å². The number of hydrogen-bond acceptors (Lipinski definition) is 7. The first-order chi connectivity index (χ1) is 14.9. The van der Waals surface area contributed by atoms with Crippen LogP contribution in [-0.4, -0.2) is 36.3 Å². The van der Waals surface area contributed by atoms with Gasteiger partial charge in [0.15, 0.2) is 17.3 Å². The molecule has 31 heavy (non-hydrogen) atoms. The Hall–Kier alpha value is -4.08. The summed E-state index contributed by atoms with van der Waals surface area (Å²) in [5.74, 6) is -3.45. The van der Waals surface area contributed by atoms with Crippen molar-refractivity contribution < 1.29 is 27.8 Å². The van der Waals surface area contributed by atoms with E-state index in [1.165, 1.54) is 12.3 Å². The van der Waals surface area contributed by atoms with E-state index in [0.29, 0.717) is 24.4 Å². The van der Waals surface area contributed by atoms with Gasteiger partial charge in [0.2, 0.25) is 0 Å². The molecule has 0 atom stereocenters. The molecule has 0 spiro atoms. The molecule has 2 N–H and O–H groups in total. The molecule has 3 aromatic rings. The summed E-state index contributed by atoms with van der Waals surface area (Å²) >= 11 is 0. The molecule has 2 aromatic carbocycles. The predicted octanol–water partition coefficient (Wildman–Crippen LogP) is 3.41. The zero-order valence-corrected chi connectivity index (χ0v) is 16.6. The lowest BCUT2D eigenvalue weighted by molar-refractivity contribution is 0.0601. The minimum Gasteiger partial charge on any atom is -0.497 e. The average Bonchev–Trinajstić information content (AvgIpc) is 2.79. The minimum absolute atomic E-state index is 0.0970. The van der Waals surface area contributed by atoms with E-state index in [4.69, 9.17) is 4.74 Å². The second kappa shape index (κ2) is 9.61. The summed E-state index contributed by atoms with van der Waals surface area (Å²) < 4.78 is 36.8. The third-order valence-corrected chi connectivity index (χ3v) is 4.26. The Morgan fingerprint density at radius 1 is 1.03 bits per heavy atom. The first-order valence-electron chi connectivity index (χ1n) is 8.99. The third kappa shape index (κ3) is 5.30. The van der Waals surface area contributed by atoms with Crippen LogP contribution >= 0.6 is 0 Å². The normalized spacial score (nSPS) is 10.3. The highest BCUT2D eigenvalue weighted by molar-refractivity contribution is 6.07. The lowest BCUT2D eigenvalue weighted by Crippen LogP contribution is -2.18. The number of anilines is 2. The Morgan fingerprint density at radius 3 is 2.42 bits per heavy atom. The number of carbonyl (C=O) groups is 2.